The number of aromatic amines is 1. The molecule has 1 aliphatic rings. The van der Waals surface area contributed by atoms with E-state index in [1.54, 1.807) is 6.07 Å². The molecule has 0 unspecified atom stereocenters. The van der Waals surface area contributed by atoms with Gasteiger partial charge in [-0.1, -0.05) is 17.7 Å². The highest BCUT2D eigenvalue weighted by Crippen LogP contribution is 2.24. The van der Waals surface area contributed by atoms with Crippen LogP contribution in [0.2, 0.25) is 5.02 Å². The second-order valence-electron chi connectivity index (χ2n) is 6.22. The number of nitrogens with zero attached hydrogens (tertiary/aromatic N) is 2. The van der Waals surface area contributed by atoms with Crippen LogP contribution in [-0.4, -0.2) is 36.1 Å². The van der Waals surface area contributed by atoms with E-state index in [9.17, 15) is 4.39 Å². The molecule has 1 fully saturated rings. The Labute approximate surface area is 145 Å². The molecule has 0 saturated carbocycles. The first kappa shape index (κ1) is 15.5. The first-order valence-electron chi connectivity index (χ1n) is 8.18. The molecule has 5 heteroatoms. The van der Waals surface area contributed by atoms with Crippen molar-refractivity contribution >= 4 is 28.2 Å². The van der Waals surface area contributed by atoms with Crippen LogP contribution < -0.4 is 4.90 Å². The number of benzene rings is 2. The number of rotatable bonds is 3. The Hall–Kier alpha value is -2.04. The highest BCUT2D eigenvalue weighted by molar-refractivity contribution is 6.30. The van der Waals surface area contributed by atoms with Crippen LogP contribution in [-0.2, 0) is 6.54 Å². The summed E-state index contributed by atoms with van der Waals surface area (Å²) in [6, 6.07) is 13.2. The van der Waals surface area contributed by atoms with Crippen molar-refractivity contribution < 1.29 is 4.39 Å². The van der Waals surface area contributed by atoms with E-state index in [4.69, 9.17) is 11.6 Å². The zero-order valence-corrected chi connectivity index (χ0v) is 14.1. The average Bonchev–Trinajstić information content (AvgIpc) is 3.01. The molecule has 1 aromatic heterocycles. The van der Waals surface area contributed by atoms with Crippen molar-refractivity contribution in [1.82, 2.24) is 9.88 Å². The lowest BCUT2D eigenvalue weighted by molar-refractivity contribution is 0.250. The third-order valence-electron chi connectivity index (χ3n) is 4.69. The number of fused-ring (bicyclic) bond motifs is 1. The number of hydrogen-bond acceptors (Lipinski definition) is 2. The molecule has 1 N–H and O–H groups in total. The summed E-state index contributed by atoms with van der Waals surface area (Å²) in [7, 11) is 0. The summed E-state index contributed by atoms with van der Waals surface area (Å²) in [6.07, 6.45) is 1.93. The Balaban J connectivity index is 1.43. The monoisotopic (exact) mass is 343 g/mol. The molecule has 24 heavy (non-hydrogen) atoms. The predicted octanol–water partition coefficient (Wildman–Crippen LogP) is 4.28. The van der Waals surface area contributed by atoms with Crippen LogP contribution >= 0.6 is 11.6 Å². The van der Waals surface area contributed by atoms with Gasteiger partial charge in [0.2, 0.25) is 0 Å². The maximum atomic E-state index is 14.1. The van der Waals surface area contributed by atoms with E-state index in [1.807, 2.05) is 24.4 Å². The van der Waals surface area contributed by atoms with Crippen LogP contribution in [0.4, 0.5) is 10.1 Å². The fourth-order valence-electron chi connectivity index (χ4n) is 3.39. The van der Waals surface area contributed by atoms with Gasteiger partial charge in [-0.2, -0.15) is 0 Å². The molecular weight excluding hydrogens is 325 g/mol. The lowest BCUT2D eigenvalue weighted by Crippen LogP contribution is -2.45. The van der Waals surface area contributed by atoms with Crippen molar-refractivity contribution in [2.24, 2.45) is 0 Å². The highest BCUT2D eigenvalue weighted by Gasteiger charge is 2.19. The molecule has 3 aromatic rings. The van der Waals surface area contributed by atoms with Gasteiger partial charge in [0.05, 0.1) is 0 Å². The number of nitrogens with one attached hydrogen (secondary N) is 1. The fourth-order valence-corrected chi connectivity index (χ4v) is 3.52. The molecule has 0 aliphatic carbocycles. The van der Waals surface area contributed by atoms with Gasteiger partial charge in [-0.05, 0) is 42.0 Å². The van der Waals surface area contributed by atoms with Crippen LogP contribution in [0.1, 0.15) is 5.56 Å². The largest absolute Gasteiger partial charge is 0.369 e. The summed E-state index contributed by atoms with van der Waals surface area (Å²) in [6.45, 7) is 4.63. The molecule has 1 aliphatic heterocycles. The minimum Gasteiger partial charge on any atom is -0.369 e. The van der Waals surface area contributed by atoms with Crippen molar-refractivity contribution in [3.05, 3.63) is 65.1 Å². The summed E-state index contributed by atoms with van der Waals surface area (Å²) in [5.41, 5.74) is 3.10. The van der Waals surface area contributed by atoms with Gasteiger partial charge in [0, 0.05) is 60.5 Å². The van der Waals surface area contributed by atoms with E-state index in [2.05, 4.69) is 26.9 Å². The lowest BCUT2D eigenvalue weighted by Gasteiger charge is -2.36. The minimum atomic E-state index is -0.149. The zero-order chi connectivity index (χ0) is 16.5. The van der Waals surface area contributed by atoms with Crippen molar-refractivity contribution in [2.75, 3.05) is 31.1 Å². The molecule has 3 nitrogen and oxygen atoms in total. The van der Waals surface area contributed by atoms with Gasteiger partial charge in [-0.3, -0.25) is 4.90 Å². The molecule has 0 radical (unpaired) electrons. The Morgan fingerprint density at radius 3 is 2.50 bits per heavy atom. The van der Waals surface area contributed by atoms with Gasteiger partial charge in [-0.15, -0.1) is 0 Å². The van der Waals surface area contributed by atoms with Crippen LogP contribution in [0.25, 0.3) is 10.9 Å². The maximum Gasteiger partial charge on any atom is 0.132 e. The summed E-state index contributed by atoms with van der Waals surface area (Å²) >= 11 is 5.95. The van der Waals surface area contributed by atoms with Gasteiger partial charge in [0.1, 0.15) is 5.82 Å². The molecule has 0 atom stereocenters. The van der Waals surface area contributed by atoms with Gasteiger partial charge in [-0.25, -0.2) is 4.39 Å². The molecule has 2 aromatic carbocycles. The maximum absolute atomic E-state index is 14.1. The number of halogens is 2. The number of hydrogen-bond donors (Lipinski definition) is 1. The minimum absolute atomic E-state index is 0.149. The van der Waals surface area contributed by atoms with Crippen LogP contribution in [0.15, 0.2) is 48.7 Å². The van der Waals surface area contributed by atoms with Crippen molar-refractivity contribution in [3.63, 3.8) is 0 Å². The first-order valence-corrected chi connectivity index (χ1v) is 8.56. The van der Waals surface area contributed by atoms with Gasteiger partial charge >= 0.3 is 0 Å². The highest BCUT2D eigenvalue weighted by atomic mass is 35.5. The quantitative estimate of drug-likeness (QED) is 0.766. The number of aromatic nitrogens is 1. The third kappa shape index (κ3) is 2.99. The van der Waals surface area contributed by atoms with Crippen molar-refractivity contribution in [2.45, 2.75) is 6.54 Å². The Morgan fingerprint density at radius 1 is 1.00 bits per heavy atom. The molecule has 2 heterocycles. The van der Waals surface area contributed by atoms with Crippen molar-refractivity contribution in [1.29, 1.82) is 0 Å². The summed E-state index contributed by atoms with van der Waals surface area (Å²) in [5.74, 6) is -0.149. The Kier molecular flexibility index (Phi) is 4.17. The van der Waals surface area contributed by atoms with E-state index in [-0.39, 0.29) is 5.82 Å². The first-order chi connectivity index (χ1) is 11.7. The van der Waals surface area contributed by atoms with E-state index in [1.165, 1.54) is 11.8 Å². The second kappa shape index (κ2) is 6.46. The van der Waals surface area contributed by atoms with E-state index < -0.39 is 0 Å². The topological polar surface area (TPSA) is 22.3 Å². The lowest BCUT2D eigenvalue weighted by atomic mass is 10.1. The predicted molar refractivity (Wildman–Crippen MR) is 97.2 cm³/mol. The van der Waals surface area contributed by atoms with Crippen LogP contribution in [0, 0.1) is 5.82 Å². The molecule has 4 rings (SSSR count). The summed E-state index contributed by atoms with van der Waals surface area (Å²) in [4.78, 5) is 7.91. The van der Waals surface area contributed by atoms with E-state index in [0.717, 1.165) is 54.2 Å². The fraction of sp³-hybridized carbons (Fsp3) is 0.263. The molecule has 0 spiro atoms. The van der Waals surface area contributed by atoms with Gasteiger partial charge in [0.25, 0.3) is 0 Å². The third-order valence-corrected chi connectivity index (χ3v) is 4.95. The van der Waals surface area contributed by atoms with Gasteiger partial charge in [0.15, 0.2) is 0 Å². The normalized spacial score (nSPS) is 16.0. The van der Waals surface area contributed by atoms with E-state index >= 15 is 0 Å². The molecule has 1 saturated heterocycles. The molecule has 0 bridgehead atoms. The number of piperazine rings is 1. The van der Waals surface area contributed by atoms with Crippen molar-refractivity contribution in [3.8, 4) is 0 Å². The Bertz CT molecular complexity index is 835. The van der Waals surface area contributed by atoms with Gasteiger partial charge < -0.3 is 9.88 Å². The smallest absolute Gasteiger partial charge is 0.132 e. The Morgan fingerprint density at radius 2 is 1.75 bits per heavy atom. The van der Waals surface area contributed by atoms with Crippen LogP contribution in [0.3, 0.4) is 0 Å². The van der Waals surface area contributed by atoms with E-state index in [0.29, 0.717) is 0 Å². The summed E-state index contributed by atoms with van der Waals surface area (Å²) < 4.78 is 14.1. The number of H-pyrrole nitrogens is 1. The molecule has 0 amide bonds. The molecule has 124 valence electrons. The number of anilines is 1. The molecular formula is C19H19ClFN3. The zero-order valence-electron chi connectivity index (χ0n) is 13.3. The SMILES string of the molecule is Fc1cccc2[nH]cc(CN3CCN(c4ccc(Cl)cc4)CC3)c12. The summed E-state index contributed by atoms with van der Waals surface area (Å²) in [5, 5.41) is 1.48. The standard InChI is InChI=1S/C19H19ClFN3/c20-15-4-6-16(7-5-15)24-10-8-23(9-11-24)13-14-12-22-18-3-1-2-17(21)19(14)18/h1-7,12,22H,8-11,13H2. The average molecular weight is 344 g/mol. The second-order valence-corrected chi connectivity index (χ2v) is 6.65. The van der Waals surface area contributed by atoms with Crippen LogP contribution in [0.5, 0.6) is 0 Å².